The van der Waals surface area contributed by atoms with Crippen LogP contribution in [-0.2, 0) is 18.4 Å². The highest BCUT2D eigenvalue weighted by molar-refractivity contribution is 6.06. The Morgan fingerprint density at radius 1 is 0.967 bits per heavy atom. The molecule has 4 aromatic rings. The Bertz CT molecular complexity index is 1350. The largest absolute Gasteiger partial charge is 0.326 e. The minimum atomic E-state index is 0.00463. The highest BCUT2D eigenvalue weighted by Gasteiger charge is 2.37. The molecule has 3 aromatic carbocycles. The molecular weight excluding hydrogens is 364 g/mol. The average Bonchev–Trinajstić information content (AvgIpc) is 3.24. The van der Waals surface area contributed by atoms with Crippen LogP contribution in [-0.4, -0.2) is 4.57 Å². The first-order valence-corrected chi connectivity index (χ1v) is 10.9. The molecule has 0 saturated heterocycles. The van der Waals surface area contributed by atoms with Gasteiger partial charge in [0.05, 0.1) is 5.52 Å². The molecule has 0 saturated carbocycles. The molecule has 0 radical (unpaired) electrons. The third-order valence-corrected chi connectivity index (χ3v) is 7.05. The lowest BCUT2D eigenvalue weighted by atomic mass is 9.82. The molecule has 0 bridgehead atoms. The third-order valence-electron chi connectivity index (χ3n) is 7.05. The van der Waals surface area contributed by atoms with Crippen LogP contribution in [0.4, 0.5) is 0 Å². The Morgan fingerprint density at radius 2 is 1.83 bits per heavy atom. The Labute approximate surface area is 177 Å². The first kappa shape index (κ1) is 17.7. The molecule has 2 aliphatic carbocycles. The van der Waals surface area contributed by atoms with Gasteiger partial charge in [0.15, 0.2) is 0 Å². The molecule has 2 aliphatic rings. The van der Waals surface area contributed by atoms with E-state index in [2.05, 4.69) is 91.2 Å². The molecule has 148 valence electrons. The van der Waals surface area contributed by atoms with Crippen LogP contribution in [0.3, 0.4) is 0 Å². The molecule has 0 unspecified atom stereocenters. The number of benzene rings is 3. The molecule has 0 spiro atoms. The molecule has 0 fully saturated rings. The molecule has 1 heterocycles. The van der Waals surface area contributed by atoms with E-state index in [1.165, 1.54) is 55.7 Å². The lowest BCUT2D eigenvalue weighted by Gasteiger charge is -2.21. The fourth-order valence-electron chi connectivity index (χ4n) is 5.60. The van der Waals surface area contributed by atoms with E-state index in [4.69, 9.17) is 5.73 Å². The molecule has 0 atom stereocenters. The van der Waals surface area contributed by atoms with Crippen molar-refractivity contribution in [1.82, 2.24) is 4.57 Å². The first-order chi connectivity index (χ1) is 14.6. The molecule has 2 nitrogen and oxygen atoms in total. The van der Waals surface area contributed by atoms with E-state index in [0.717, 1.165) is 12.8 Å². The fourth-order valence-corrected chi connectivity index (χ4v) is 5.60. The van der Waals surface area contributed by atoms with E-state index in [9.17, 15) is 0 Å². The van der Waals surface area contributed by atoms with Crippen molar-refractivity contribution in [3.8, 4) is 16.8 Å². The molecule has 0 aliphatic heterocycles. The summed E-state index contributed by atoms with van der Waals surface area (Å²) in [6, 6.07) is 22.4. The standard InChI is InChI=1S/C28H26N2/c1-28(2)23-12-5-3-11-22(23)26-24(28)15-14-21-20-10-4-6-13-25(20)30(27(21)26)19-9-7-8-18(16-19)17-29/h3-5,7-12,14-16H,6,13,17,29H2,1-2H3. The van der Waals surface area contributed by atoms with E-state index >= 15 is 0 Å². The van der Waals surface area contributed by atoms with Gasteiger partial charge in [0.1, 0.15) is 0 Å². The predicted octanol–water partition coefficient (Wildman–Crippen LogP) is 6.35. The summed E-state index contributed by atoms with van der Waals surface area (Å²) in [6.45, 7) is 5.26. The van der Waals surface area contributed by atoms with Crippen molar-refractivity contribution in [3.63, 3.8) is 0 Å². The van der Waals surface area contributed by atoms with Crippen molar-refractivity contribution in [3.05, 3.63) is 94.7 Å². The summed E-state index contributed by atoms with van der Waals surface area (Å²) >= 11 is 0. The summed E-state index contributed by atoms with van der Waals surface area (Å²) in [4.78, 5) is 0. The van der Waals surface area contributed by atoms with E-state index in [-0.39, 0.29) is 5.41 Å². The summed E-state index contributed by atoms with van der Waals surface area (Å²) in [5, 5.41) is 1.35. The number of hydrogen-bond acceptors (Lipinski definition) is 1. The van der Waals surface area contributed by atoms with Gasteiger partial charge in [-0.1, -0.05) is 74.5 Å². The van der Waals surface area contributed by atoms with Crippen LogP contribution >= 0.6 is 0 Å². The van der Waals surface area contributed by atoms with Crippen LogP contribution in [0.1, 0.15) is 48.2 Å². The van der Waals surface area contributed by atoms with Gasteiger partial charge in [-0.25, -0.2) is 0 Å². The molecule has 6 rings (SSSR count). The fraction of sp³-hybridized carbons (Fsp3) is 0.214. The molecule has 1 aromatic heterocycles. The van der Waals surface area contributed by atoms with Crippen molar-refractivity contribution in [2.45, 2.75) is 38.6 Å². The van der Waals surface area contributed by atoms with Crippen molar-refractivity contribution >= 4 is 17.0 Å². The Balaban J connectivity index is 1.80. The van der Waals surface area contributed by atoms with Crippen molar-refractivity contribution in [2.75, 3.05) is 0 Å². The number of nitrogens with zero attached hydrogens (tertiary/aromatic N) is 1. The van der Waals surface area contributed by atoms with Crippen molar-refractivity contribution in [1.29, 1.82) is 0 Å². The monoisotopic (exact) mass is 390 g/mol. The highest BCUT2D eigenvalue weighted by Crippen LogP contribution is 2.52. The summed E-state index contributed by atoms with van der Waals surface area (Å²) in [6.07, 6.45) is 6.79. The maximum absolute atomic E-state index is 5.99. The first-order valence-electron chi connectivity index (χ1n) is 10.9. The number of nitrogens with two attached hydrogens (primary N) is 1. The molecular formula is C28H26N2. The number of hydrogen-bond donors (Lipinski definition) is 1. The molecule has 2 heteroatoms. The van der Waals surface area contributed by atoms with Gasteiger partial charge in [-0.05, 0) is 47.2 Å². The van der Waals surface area contributed by atoms with E-state index in [0.29, 0.717) is 6.54 Å². The Morgan fingerprint density at radius 3 is 2.70 bits per heavy atom. The van der Waals surface area contributed by atoms with Gasteiger partial charge in [0.2, 0.25) is 0 Å². The van der Waals surface area contributed by atoms with E-state index in [1.54, 1.807) is 0 Å². The van der Waals surface area contributed by atoms with E-state index < -0.39 is 0 Å². The number of fused-ring (bicyclic) bond motifs is 7. The van der Waals surface area contributed by atoms with Crippen LogP contribution in [0.5, 0.6) is 0 Å². The van der Waals surface area contributed by atoms with Crippen LogP contribution in [0.2, 0.25) is 0 Å². The Hall–Kier alpha value is -3.10. The number of allylic oxidation sites excluding steroid dienone is 1. The predicted molar refractivity (Wildman–Crippen MR) is 126 cm³/mol. The minimum Gasteiger partial charge on any atom is -0.326 e. The summed E-state index contributed by atoms with van der Waals surface area (Å²) in [5.74, 6) is 0. The SMILES string of the molecule is CC1(C)c2ccccc2-c2c1ccc1c3c(n(-c4cccc(CN)c4)c21)CCC=C3. The minimum absolute atomic E-state index is 0.00463. The zero-order chi connectivity index (χ0) is 20.5. The lowest BCUT2D eigenvalue weighted by molar-refractivity contribution is 0.660. The van der Waals surface area contributed by atoms with Crippen molar-refractivity contribution in [2.24, 2.45) is 5.73 Å². The number of aromatic nitrogens is 1. The second kappa shape index (κ2) is 6.20. The maximum Gasteiger partial charge on any atom is 0.0619 e. The summed E-state index contributed by atoms with van der Waals surface area (Å²) in [7, 11) is 0. The second-order valence-corrected chi connectivity index (χ2v) is 9.07. The van der Waals surface area contributed by atoms with Gasteiger partial charge in [-0.15, -0.1) is 0 Å². The van der Waals surface area contributed by atoms with Gasteiger partial charge in [-0.3, -0.25) is 0 Å². The zero-order valence-electron chi connectivity index (χ0n) is 17.6. The van der Waals surface area contributed by atoms with Crippen LogP contribution in [0, 0.1) is 0 Å². The average molecular weight is 391 g/mol. The second-order valence-electron chi connectivity index (χ2n) is 9.07. The van der Waals surface area contributed by atoms with Gasteiger partial charge in [0.25, 0.3) is 0 Å². The Kier molecular flexibility index (Phi) is 3.66. The highest BCUT2D eigenvalue weighted by atomic mass is 15.0. The van der Waals surface area contributed by atoms with Gasteiger partial charge < -0.3 is 10.3 Å². The maximum atomic E-state index is 5.99. The molecule has 0 amide bonds. The van der Waals surface area contributed by atoms with Gasteiger partial charge >= 0.3 is 0 Å². The van der Waals surface area contributed by atoms with Gasteiger partial charge in [-0.2, -0.15) is 0 Å². The smallest absolute Gasteiger partial charge is 0.0619 e. The quantitative estimate of drug-likeness (QED) is 0.424. The van der Waals surface area contributed by atoms with Crippen molar-refractivity contribution < 1.29 is 0 Å². The van der Waals surface area contributed by atoms with Gasteiger partial charge in [0, 0.05) is 39.9 Å². The summed E-state index contributed by atoms with van der Waals surface area (Å²) < 4.78 is 2.52. The van der Waals surface area contributed by atoms with Crippen LogP contribution in [0.25, 0.3) is 33.8 Å². The zero-order valence-corrected chi connectivity index (χ0v) is 17.6. The molecule has 2 N–H and O–H groups in total. The van der Waals surface area contributed by atoms with Crippen LogP contribution < -0.4 is 5.73 Å². The van der Waals surface area contributed by atoms with E-state index in [1.807, 2.05) is 0 Å². The number of rotatable bonds is 2. The lowest BCUT2D eigenvalue weighted by Crippen LogP contribution is -2.14. The topological polar surface area (TPSA) is 30.9 Å². The van der Waals surface area contributed by atoms with Crippen LogP contribution in [0.15, 0.2) is 66.7 Å². The summed E-state index contributed by atoms with van der Waals surface area (Å²) in [5.41, 5.74) is 18.1. The third kappa shape index (κ3) is 2.23. The normalized spacial score (nSPS) is 15.8. The molecule has 30 heavy (non-hydrogen) atoms.